The molecule has 3 aliphatic rings. The Bertz CT molecular complexity index is 149. The van der Waals surface area contributed by atoms with Gasteiger partial charge >= 0.3 is 0 Å². The van der Waals surface area contributed by atoms with Gasteiger partial charge in [0.15, 0.2) is 0 Å². The Labute approximate surface area is 55.4 Å². The van der Waals surface area contributed by atoms with Gasteiger partial charge in [-0.15, -0.1) is 0 Å². The van der Waals surface area contributed by atoms with Crippen LogP contribution >= 0.6 is 0 Å². The second-order valence-electron chi connectivity index (χ2n) is 3.93. The highest BCUT2D eigenvalue weighted by atomic mass is 16.6. The summed E-state index contributed by atoms with van der Waals surface area (Å²) in [7, 11) is 0. The molecular formula is C8H12O. The van der Waals surface area contributed by atoms with Crippen molar-refractivity contribution in [2.45, 2.75) is 31.3 Å². The SMILES string of the molecule is C1C[C@H]2C[C@H]1C[C@@]21CO1. The average Bonchev–Trinajstić information content (AvgIpc) is 2.40. The highest BCUT2D eigenvalue weighted by Crippen LogP contribution is 2.58. The Morgan fingerprint density at radius 3 is 2.56 bits per heavy atom. The third-order valence-corrected chi connectivity index (χ3v) is 3.43. The third kappa shape index (κ3) is 0.454. The van der Waals surface area contributed by atoms with Crippen molar-refractivity contribution in [2.24, 2.45) is 11.8 Å². The van der Waals surface area contributed by atoms with E-state index in [0.29, 0.717) is 5.60 Å². The highest BCUT2D eigenvalue weighted by Gasteiger charge is 2.59. The largest absolute Gasteiger partial charge is 0.369 e. The lowest BCUT2D eigenvalue weighted by molar-refractivity contribution is 0.218. The maximum Gasteiger partial charge on any atom is 0.0947 e. The summed E-state index contributed by atoms with van der Waals surface area (Å²) in [6.07, 6.45) is 5.85. The molecule has 1 spiro atoms. The first-order valence-corrected chi connectivity index (χ1v) is 4.03. The predicted octanol–water partition coefficient (Wildman–Crippen LogP) is 1.58. The Hall–Kier alpha value is -0.0400. The molecule has 0 aromatic rings. The number of rotatable bonds is 0. The van der Waals surface area contributed by atoms with Gasteiger partial charge in [0, 0.05) is 0 Å². The van der Waals surface area contributed by atoms with Gasteiger partial charge in [0.2, 0.25) is 0 Å². The van der Waals surface area contributed by atoms with Crippen LogP contribution in [0.1, 0.15) is 25.7 Å². The van der Waals surface area contributed by atoms with Gasteiger partial charge in [-0.2, -0.15) is 0 Å². The minimum atomic E-state index is 0.461. The standard InChI is InChI=1S/C8H12O/c1-2-7-3-6(1)4-8(7)5-9-8/h6-7H,1-5H2/t6-,7-,8+/m0/s1. The number of hydrogen-bond acceptors (Lipinski definition) is 1. The number of hydrogen-bond donors (Lipinski definition) is 0. The molecule has 0 radical (unpaired) electrons. The van der Waals surface area contributed by atoms with Gasteiger partial charge in [-0.3, -0.25) is 0 Å². The van der Waals surface area contributed by atoms with Crippen LogP contribution in [0.15, 0.2) is 0 Å². The van der Waals surface area contributed by atoms with Crippen LogP contribution in [0.5, 0.6) is 0 Å². The van der Waals surface area contributed by atoms with Gasteiger partial charge in [0.25, 0.3) is 0 Å². The fourth-order valence-corrected chi connectivity index (χ4v) is 2.84. The van der Waals surface area contributed by atoms with Gasteiger partial charge in [0.05, 0.1) is 12.2 Å². The van der Waals surface area contributed by atoms with Crippen molar-refractivity contribution in [2.75, 3.05) is 6.61 Å². The maximum absolute atomic E-state index is 5.49. The van der Waals surface area contributed by atoms with E-state index >= 15 is 0 Å². The van der Waals surface area contributed by atoms with Gasteiger partial charge in [-0.05, 0) is 37.5 Å². The molecule has 1 saturated heterocycles. The Balaban J connectivity index is 1.96. The van der Waals surface area contributed by atoms with Crippen LogP contribution in [0.2, 0.25) is 0 Å². The van der Waals surface area contributed by atoms with Crippen molar-refractivity contribution in [3.8, 4) is 0 Å². The molecule has 2 saturated carbocycles. The molecule has 1 heterocycles. The molecule has 1 aliphatic heterocycles. The van der Waals surface area contributed by atoms with E-state index in [2.05, 4.69) is 0 Å². The number of epoxide rings is 1. The predicted molar refractivity (Wildman–Crippen MR) is 34.1 cm³/mol. The summed E-state index contributed by atoms with van der Waals surface area (Å²) in [4.78, 5) is 0. The second-order valence-corrected chi connectivity index (χ2v) is 3.93. The molecule has 0 unspecified atom stereocenters. The minimum absolute atomic E-state index is 0.461. The van der Waals surface area contributed by atoms with E-state index in [1.807, 2.05) is 0 Å². The van der Waals surface area contributed by atoms with Crippen LogP contribution < -0.4 is 0 Å². The highest BCUT2D eigenvalue weighted by molar-refractivity contribution is 5.08. The summed E-state index contributed by atoms with van der Waals surface area (Å²) < 4.78 is 5.49. The lowest BCUT2D eigenvalue weighted by Gasteiger charge is -2.15. The Morgan fingerprint density at radius 1 is 1.33 bits per heavy atom. The summed E-state index contributed by atoms with van der Waals surface area (Å²) in [5.41, 5.74) is 0.461. The Kier molecular flexibility index (Phi) is 0.628. The zero-order valence-corrected chi connectivity index (χ0v) is 5.60. The van der Waals surface area contributed by atoms with Crippen LogP contribution in [0, 0.1) is 11.8 Å². The average molecular weight is 124 g/mol. The summed E-state index contributed by atoms with van der Waals surface area (Å²) in [5.74, 6) is 2.03. The molecule has 50 valence electrons. The number of ether oxygens (including phenoxy) is 1. The van der Waals surface area contributed by atoms with E-state index in [0.717, 1.165) is 18.4 Å². The zero-order chi connectivity index (χ0) is 5.90. The summed E-state index contributed by atoms with van der Waals surface area (Å²) in [5, 5.41) is 0. The second kappa shape index (κ2) is 1.20. The van der Waals surface area contributed by atoms with Crippen LogP contribution in [0.25, 0.3) is 0 Å². The minimum Gasteiger partial charge on any atom is -0.369 e. The van der Waals surface area contributed by atoms with E-state index in [-0.39, 0.29) is 0 Å². The van der Waals surface area contributed by atoms with Crippen molar-refractivity contribution < 1.29 is 4.74 Å². The van der Waals surface area contributed by atoms with Crippen LogP contribution in [-0.4, -0.2) is 12.2 Å². The summed E-state index contributed by atoms with van der Waals surface area (Å²) in [6, 6.07) is 0. The fraction of sp³-hybridized carbons (Fsp3) is 1.00. The van der Waals surface area contributed by atoms with Crippen molar-refractivity contribution in [1.29, 1.82) is 0 Å². The molecule has 3 atom stereocenters. The lowest BCUT2D eigenvalue weighted by Crippen LogP contribution is -2.19. The van der Waals surface area contributed by atoms with Crippen molar-refractivity contribution in [1.82, 2.24) is 0 Å². The van der Waals surface area contributed by atoms with E-state index in [1.165, 1.54) is 25.7 Å². The molecule has 0 aromatic heterocycles. The fourth-order valence-electron chi connectivity index (χ4n) is 2.84. The first-order chi connectivity index (χ1) is 4.39. The molecule has 0 amide bonds. The number of fused-ring (bicyclic) bond motifs is 3. The van der Waals surface area contributed by atoms with Crippen molar-refractivity contribution in [3.05, 3.63) is 0 Å². The van der Waals surface area contributed by atoms with Gasteiger partial charge in [-0.1, -0.05) is 0 Å². The first kappa shape index (κ1) is 4.73. The molecule has 2 bridgehead atoms. The summed E-state index contributed by atoms with van der Waals surface area (Å²) >= 11 is 0. The topological polar surface area (TPSA) is 12.5 Å². The van der Waals surface area contributed by atoms with Crippen LogP contribution in [-0.2, 0) is 4.74 Å². The molecule has 1 nitrogen and oxygen atoms in total. The Morgan fingerprint density at radius 2 is 2.22 bits per heavy atom. The van der Waals surface area contributed by atoms with Crippen molar-refractivity contribution in [3.63, 3.8) is 0 Å². The van der Waals surface area contributed by atoms with Crippen molar-refractivity contribution >= 4 is 0 Å². The molecule has 9 heavy (non-hydrogen) atoms. The van der Waals surface area contributed by atoms with E-state index < -0.39 is 0 Å². The maximum atomic E-state index is 5.49. The third-order valence-electron chi connectivity index (χ3n) is 3.43. The van der Waals surface area contributed by atoms with Crippen LogP contribution in [0.3, 0.4) is 0 Å². The monoisotopic (exact) mass is 124 g/mol. The molecule has 2 aliphatic carbocycles. The summed E-state index contributed by atoms with van der Waals surface area (Å²) in [6.45, 7) is 1.09. The van der Waals surface area contributed by atoms with E-state index in [1.54, 1.807) is 0 Å². The molecule has 0 aromatic carbocycles. The first-order valence-electron chi connectivity index (χ1n) is 4.03. The lowest BCUT2D eigenvalue weighted by atomic mass is 9.89. The quantitative estimate of drug-likeness (QED) is 0.446. The van der Waals surface area contributed by atoms with E-state index in [9.17, 15) is 0 Å². The van der Waals surface area contributed by atoms with Gasteiger partial charge < -0.3 is 4.74 Å². The smallest absolute Gasteiger partial charge is 0.0947 e. The normalized spacial score (nSPS) is 61.3. The molecule has 0 N–H and O–H groups in total. The van der Waals surface area contributed by atoms with E-state index in [4.69, 9.17) is 4.74 Å². The molecule has 3 rings (SSSR count). The van der Waals surface area contributed by atoms with Crippen LogP contribution in [0.4, 0.5) is 0 Å². The molecular weight excluding hydrogens is 112 g/mol. The van der Waals surface area contributed by atoms with Gasteiger partial charge in [-0.25, -0.2) is 0 Å². The molecule has 3 fully saturated rings. The molecule has 1 heteroatoms. The van der Waals surface area contributed by atoms with Gasteiger partial charge in [0.1, 0.15) is 0 Å². The zero-order valence-electron chi connectivity index (χ0n) is 5.60.